The minimum absolute atomic E-state index is 0.0231. The molecule has 0 amide bonds. The molecule has 0 aromatic rings. The largest absolute Gasteiger partial charge is 0.371 e. The van der Waals surface area contributed by atoms with Crippen LogP contribution in [0.15, 0.2) is 0 Å². The molecule has 2 heterocycles. The standard InChI is InChI=1S/C9H13NO6S/c1-5(11)17-6-3-15-9(2)7(16-10(12)13)4-14-8(6)9/h6-8H,3-4H2,1-2H3/t6-,7-,8-,9-/m1/s1. The fourth-order valence-corrected chi connectivity index (χ4v) is 3.29. The Morgan fingerprint density at radius 1 is 1.59 bits per heavy atom. The zero-order valence-electron chi connectivity index (χ0n) is 9.45. The lowest BCUT2D eigenvalue weighted by molar-refractivity contribution is -0.771. The highest BCUT2D eigenvalue weighted by molar-refractivity contribution is 8.14. The normalized spacial score (nSPS) is 40.0. The second-order valence-electron chi connectivity index (χ2n) is 4.21. The van der Waals surface area contributed by atoms with Crippen LogP contribution in [0.5, 0.6) is 0 Å². The molecule has 0 bridgehead atoms. The Morgan fingerprint density at radius 2 is 2.29 bits per heavy atom. The van der Waals surface area contributed by atoms with Crippen LogP contribution < -0.4 is 0 Å². The lowest BCUT2D eigenvalue weighted by atomic mass is 9.96. The summed E-state index contributed by atoms with van der Waals surface area (Å²) >= 11 is 1.14. The second-order valence-corrected chi connectivity index (χ2v) is 5.63. The first-order valence-electron chi connectivity index (χ1n) is 5.17. The number of fused-ring (bicyclic) bond motifs is 1. The molecule has 0 aromatic heterocycles. The first kappa shape index (κ1) is 12.6. The van der Waals surface area contributed by atoms with E-state index in [0.717, 1.165) is 11.8 Å². The number of ether oxygens (including phenoxy) is 2. The molecule has 96 valence electrons. The van der Waals surface area contributed by atoms with Gasteiger partial charge in [0.2, 0.25) is 0 Å². The zero-order valence-corrected chi connectivity index (χ0v) is 10.3. The van der Waals surface area contributed by atoms with E-state index in [9.17, 15) is 14.9 Å². The maximum Gasteiger partial charge on any atom is 0.294 e. The SMILES string of the molecule is CC(=O)S[C@@H]1CO[C@@]2(C)[C@@H]1OC[C@H]2O[N+](=O)[O-]. The fraction of sp³-hybridized carbons (Fsp3) is 0.889. The maximum atomic E-state index is 11.1. The van der Waals surface area contributed by atoms with Crippen molar-refractivity contribution in [2.24, 2.45) is 0 Å². The van der Waals surface area contributed by atoms with Crippen molar-refractivity contribution in [3.8, 4) is 0 Å². The van der Waals surface area contributed by atoms with Gasteiger partial charge in [-0.3, -0.25) is 4.79 Å². The lowest BCUT2D eigenvalue weighted by Crippen LogP contribution is -2.45. The number of thioether (sulfide) groups is 1. The van der Waals surface area contributed by atoms with Crippen LogP contribution in [-0.2, 0) is 19.1 Å². The first-order chi connectivity index (χ1) is 7.93. The topological polar surface area (TPSA) is 87.9 Å². The molecule has 2 rings (SSSR count). The lowest BCUT2D eigenvalue weighted by Gasteiger charge is -2.26. The predicted octanol–water partition coefficient (Wildman–Crippen LogP) is 0.399. The van der Waals surface area contributed by atoms with E-state index >= 15 is 0 Å². The van der Waals surface area contributed by atoms with E-state index in [1.54, 1.807) is 6.92 Å². The minimum Gasteiger partial charge on any atom is -0.371 e. The van der Waals surface area contributed by atoms with Gasteiger partial charge in [-0.25, -0.2) is 0 Å². The number of rotatable bonds is 3. The Balaban J connectivity index is 2.07. The van der Waals surface area contributed by atoms with E-state index in [1.807, 2.05) is 0 Å². The van der Waals surface area contributed by atoms with Crippen LogP contribution in [0, 0.1) is 10.1 Å². The average molecular weight is 263 g/mol. The predicted molar refractivity (Wildman–Crippen MR) is 58.0 cm³/mol. The van der Waals surface area contributed by atoms with Crippen molar-refractivity contribution in [2.75, 3.05) is 13.2 Å². The molecule has 2 aliphatic heterocycles. The van der Waals surface area contributed by atoms with Crippen molar-refractivity contribution in [2.45, 2.75) is 36.9 Å². The highest BCUT2D eigenvalue weighted by Gasteiger charge is 2.59. The molecule has 2 fully saturated rings. The van der Waals surface area contributed by atoms with Crippen LogP contribution >= 0.6 is 11.8 Å². The monoisotopic (exact) mass is 263 g/mol. The number of hydrogen-bond donors (Lipinski definition) is 0. The Morgan fingerprint density at radius 3 is 2.88 bits per heavy atom. The smallest absolute Gasteiger partial charge is 0.294 e. The van der Waals surface area contributed by atoms with Crippen molar-refractivity contribution < 1.29 is 24.2 Å². The summed E-state index contributed by atoms with van der Waals surface area (Å²) in [7, 11) is 0. The highest BCUT2D eigenvalue weighted by Crippen LogP contribution is 2.43. The molecule has 0 saturated carbocycles. The summed E-state index contributed by atoms with van der Waals surface area (Å²) in [5.41, 5.74) is -0.847. The molecule has 7 nitrogen and oxygen atoms in total. The Kier molecular flexibility index (Phi) is 3.28. The van der Waals surface area contributed by atoms with Crippen LogP contribution in [-0.4, -0.2) is 46.5 Å². The van der Waals surface area contributed by atoms with E-state index in [4.69, 9.17) is 9.47 Å². The van der Waals surface area contributed by atoms with Crippen molar-refractivity contribution in [1.29, 1.82) is 0 Å². The van der Waals surface area contributed by atoms with Gasteiger partial charge in [0.05, 0.1) is 18.5 Å². The Labute approximate surface area is 102 Å². The summed E-state index contributed by atoms with van der Waals surface area (Å²) < 4.78 is 11.0. The van der Waals surface area contributed by atoms with Crippen molar-refractivity contribution in [1.82, 2.24) is 0 Å². The van der Waals surface area contributed by atoms with Gasteiger partial charge in [-0.15, -0.1) is 10.1 Å². The fourth-order valence-electron chi connectivity index (χ4n) is 2.25. The van der Waals surface area contributed by atoms with E-state index in [2.05, 4.69) is 4.84 Å². The summed E-state index contributed by atoms with van der Waals surface area (Å²) in [6.45, 7) is 3.64. The number of carbonyl (C=O) groups excluding carboxylic acids is 1. The van der Waals surface area contributed by atoms with Crippen molar-refractivity contribution in [3.63, 3.8) is 0 Å². The second kappa shape index (κ2) is 4.43. The quantitative estimate of drug-likeness (QED) is 0.538. The van der Waals surface area contributed by atoms with Gasteiger partial charge in [-0.05, 0) is 6.92 Å². The molecular weight excluding hydrogens is 250 g/mol. The molecule has 0 aliphatic carbocycles. The van der Waals surface area contributed by atoms with E-state index in [-0.39, 0.29) is 23.1 Å². The molecular formula is C9H13NO6S. The third-order valence-electron chi connectivity index (χ3n) is 3.06. The third kappa shape index (κ3) is 2.24. The molecule has 8 heteroatoms. The minimum atomic E-state index is -0.847. The van der Waals surface area contributed by atoms with Gasteiger partial charge in [0.1, 0.15) is 11.7 Å². The molecule has 2 aliphatic rings. The van der Waals surface area contributed by atoms with Crippen LogP contribution in [0.3, 0.4) is 0 Å². The van der Waals surface area contributed by atoms with Crippen LogP contribution in [0.2, 0.25) is 0 Å². The molecule has 0 aromatic carbocycles. The van der Waals surface area contributed by atoms with Crippen LogP contribution in [0.1, 0.15) is 13.8 Å². The summed E-state index contributed by atoms with van der Waals surface area (Å²) in [6, 6.07) is 0. The summed E-state index contributed by atoms with van der Waals surface area (Å²) in [4.78, 5) is 26.0. The third-order valence-corrected chi connectivity index (χ3v) is 4.08. The molecule has 4 atom stereocenters. The zero-order chi connectivity index (χ0) is 12.6. The number of carbonyl (C=O) groups is 1. The summed E-state index contributed by atoms with van der Waals surface area (Å²) in [5.74, 6) is 0. The van der Waals surface area contributed by atoms with Gasteiger partial charge < -0.3 is 14.3 Å². The number of hydrogen-bond acceptors (Lipinski definition) is 7. The first-order valence-corrected chi connectivity index (χ1v) is 6.05. The highest BCUT2D eigenvalue weighted by atomic mass is 32.2. The van der Waals surface area contributed by atoms with E-state index < -0.39 is 16.8 Å². The molecule has 0 unspecified atom stereocenters. The Hall–Kier alpha value is -0.860. The van der Waals surface area contributed by atoms with Crippen LogP contribution in [0.25, 0.3) is 0 Å². The maximum absolute atomic E-state index is 11.1. The van der Waals surface area contributed by atoms with Crippen molar-refractivity contribution in [3.05, 3.63) is 10.1 Å². The molecule has 0 spiro atoms. The van der Waals surface area contributed by atoms with Gasteiger partial charge in [0.15, 0.2) is 11.2 Å². The molecule has 0 radical (unpaired) electrons. The van der Waals surface area contributed by atoms with E-state index in [0.29, 0.717) is 6.61 Å². The number of nitrogens with zero attached hydrogens (tertiary/aromatic N) is 1. The van der Waals surface area contributed by atoms with Crippen molar-refractivity contribution >= 4 is 16.9 Å². The van der Waals surface area contributed by atoms with Gasteiger partial charge in [-0.2, -0.15) is 0 Å². The molecule has 2 saturated heterocycles. The van der Waals surface area contributed by atoms with Gasteiger partial charge in [-0.1, -0.05) is 11.8 Å². The van der Waals surface area contributed by atoms with Gasteiger partial charge >= 0.3 is 0 Å². The van der Waals surface area contributed by atoms with Crippen LogP contribution in [0.4, 0.5) is 0 Å². The van der Waals surface area contributed by atoms with Gasteiger partial charge in [0, 0.05) is 6.92 Å². The van der Waals surface area contributed by atoms with Gasteiger partial charge in [0.25, 0.3) is 5.09 Å². The van der Waals surface area contributed by atoms with E-state index in [1.165, 1.54) is 6.92 Å². The molecule has 0 N–H and O–H groups in total. The average Bonchev–Trinajstić information content (AvgIpc) is 2.66. The Bertz CT molecular complexity index is 350. The summed E-state index contributed by atoms with van der Waals surface area (Å²) in [5, 5.41) is 9.37. The molecule has 17 heavy (non-hydrogen) atoms. The summed E-state index contributed by atoms with van der Waals surface area (Å²) in [6.07, 6.45) is -1.08.